The Hall–Kier alpha value is -1.09. The molecule has 3 nitrogen and oxygen atoms in total. The molecule has 0 saturated carbocycles. The van der Waals surface area contributed by atoms with Crippen molar-refractivity contribution in [3.8, 4) is 0 Å². The van der Waals surface area contributed by atoms with Gasteiger partial charge in [0.1, 0.15) is 5.82 Å². The zero-order chi connectivity index (χ0) is 15.4. The highest BCUT2D eigenvalue weighted by atomic mass is 15.2. The third-order valence-corrected chi connectivity index (χ3v) is 4.85. The molecule has 0 amide bonds. The number of rotatable bonds is 5. The van der Waals surface area contributed by atoms with Crippen molar-refractivity contribution in [1.82, 2.24) is 10.3 Å². The van der Waals surface area contributed by atoms with Gasteiger partial charge in [-0.1, -0.05) is 26.8 Å². The summed E-state index contributed by atoms with van der Waals surface area (Å²) in [4.78, 5) is 7.26. The lowest BCUT2D eigenvalue weighted by Gasteiger charge is -2.43. The molecule has 4 unspecified atom stereocenters. The smallest absolute Gasteiger partial charge is 0.133 e. The van der Waals surface area contributed by atoms with Gasteiger partial charge in [0.05, 0.1) is 0 Å². The van der Waals surface area contributed by atoms with E-state index in [-0.39, 0.29) is 0 Å². The van der Waals surface area contributed by atoms with Gasteiger partial charge in [0.25, 0.3) is 0 Å². The molecule has 2 heterocycles. The molecule has 0 spiro atoms. The molecule has 0 radical (unpaired) electrons. The summed E-state index contributed by atoms with van der Waals surface area (Å²) in [6.07, 6.45) is 4.42. The van der Waals surface area contributed by atoms with Crippen LogP contribution in [0.3, 0.4) is 0 Å². The summed E-state index contributed by atoms with van der Waals surface area (Å²) in [5.41, 5.74) is 1.33. The van der Waals surface area contributed by atoms with Crippen LogP contribution in [0.1, 0.15) is 59.1 Å². The lowest BCUT2D eigenvalue weighted by Crippen LogP contribution is -2.47. The van der Waals surface area contributed by atoms with Crippen molar-refractivity contribution in [2.24, 2.45) is 11.8 Å². The Morgan fingerprint density at radius 2 is 2.14 bits per heavy atom. The SMILES string of the molecule is CCCNC(C)c1cccnc1N1CC(C)CC(C)C1C. The molecule has 0 bridgehead atoms. The van der Waals surface area contributed by atoms with Gasteiger partial charge in [-0.25, -0.2) is 4.98 Å². The Kier molecular flexibility index (Phi) is 5.63. The summed E-state index contributed by atoms with van der Waals surface area (Å²) < 4.78 is 0. The second-order valence-corrected chi connectivity index (χ2v) is 6.80. The quantitative estimate of drug-likeness (QED) is 0.887. The Morgan fingerprint density at radius 3 is 2.86 bits per heavy atom. The van der Waals surface area contributed by atoms with E-state index in [0.29, 0.717) is 12.1 Å². The summed E-state index contributed by atoms with van der Waals surface area (Å²) in [5.74, 6) is 2.65. The first-order chi connectivity index (χ1) is 10.0. The third kappa shape index (κ3) is 3.76. The van der Waals surface area contributed by atoms with Crippen molar-refractivity contribution in [2.45, 2.75) is 59.5 Å². The molecule has 1 aromatic heterocycles. The van der Waals surface area contributed by atoms with E-state index >= 15 is 0 Å². The van der Waals surface area contributed by atoms with Crippen LogP contribution in [0.15, 0.2) is 18.3 Å². The second kappa shape index (κ2) is 7.26. The monoisotopic (exact) mass is 289 g/mol. The maximum atomic E-state index is 4.74. The zero-order valence-corrected chi connectivity index (χ0v) is 14.3. The molecular weight excluding hydrogens is 258 g/mol. The molecule has 0 aromatic carbocycles. The molecule has 118 valence electrons. The fraction of sp³-hybridized carbons (Fsp3) is 0.722. The van der Waals surface area contributed by atoms with Crippen LogP contribution in [0.25, 0.3) is 0 Å². The molecule has 1 aromatic rings. The average Bonchev–Trinajstić information content (AvgIpc) is 2.48. The van der Waals surface area contributed by atoms with Gasteiger partial charge in [-0.15, -0.1) is 0 Å². The van der Waals surface area contributed by atoms with Gasteiger partial charge in [-0.3, -0.25) is 0 Å². The van der Waals surface area contributed by atoms with Crippen LogP contribution in [0, 0.1) is 11.8 Å². The van der Waals surface area contributed by atoms with E-state index in [1.54, 1.807) is 0 Å². The van der Waals surface area contributed by atoms with Crippen LogP contribution in [0.2, 0.25) is 0 Å². The number of hydrogen-bond acceptors (Lipinski definition) is 3. The van der Waals surface area contributed by atoms with Crippen LogP contribution < -0.4 is 10.2 Å². The molecule has 1 fully saturated rings. The normalized spacial score (nSPS) is 27.7. The molecule has 3 heteroatoms. The maximum Gasteiger partial charge on any atom is 0.133 e. The number of aromatic nitrogens is 1. The van der Waals surface area contributed by atoms with Crippen LogP contribution in [0.4, 0.5) is 5.82 Å². The molecule has 0 aliphatic carbocycles. The summed E-state index contributed by atoms with van der Waals surface area (Å²) in [5, 5.41) is 3.60. The predicted octanol–water partition coefficient (Wildman–Crippen LogP) is 4.01. The van der Waals surface area contributed by atoms with Gasteiger partial charge >= 0.3 is 0 Å². The Bertz CT molecular complexity index is 446. The third-order valence-electron chi connectivity index (χ3n) is 4.85. The van der Waals surface area contributed by atoms with E-state index in [4.69, 9.17) is 4.98 Å². The summed E-state index contributed by atoms with van der Waals surface area (Å²) in [6.45, 7) is 13.7. The number of nitrogens with one attached hydrogen (secondary N) is 1. The van der Waals surface area contributed by atoms with Crippen LogP contribution in [0.5, 0.6) is 0 Å². The van der Waals surface area contributed by atoms with Crippen molar-refractivity contribution in [3.05, 3.63) is 23.9 Å². The largest absolute Gasteiger partial charge is 0.353 e. The molecule has 1 saturated heterocycles. The van der Waals surface area contributed by atoms with E-state index in [1.807, 2.05) is 6.20 Å². The summed E-state index contributed by atoms with van der Waals surface area (Å²) in [7, 11) is 0. The lowest BCUT2D eigenvalue weighted by atomic mass is 9.85. The number of pyridine rings is 1. The summed E-state index contributed by atoms with van der Waals surface area (Å²) >= 11 is 0. The number of hydrogen-bond donors (Lipinski definition) is 1. The van der Waals surface area contributed by atoms with Crippen molar-refractivity contribution in [1.29, 1.82) is 0 Å². The van der Waals surface area contributed by atoms with E-state index in [1.165, 1.54) is 17.8 Å². The first kappa shape index (κ1) is 16.3. The molecule has 1 aliphatic rings. The molecule has 2 rings (SSSR count). The van der Waals surface area contributed by atoms with E-state index in [0.717, 1.165) is 31.3 Å². The number of piperidine rings is 1. The first-order valence-electron chi connectivity index (χ1n) is 8.49. The van der Waals surface area contributed by atoms with E-state index < -0.39 is 0 Å². The molecule has 4 atom stereocenters. The topological polar surface area (TPSA) is 28.2 Å². The highest BCUT2D eigenvalue weighted by Crippen LogP contribution is 2.33. The molecular formula is C18H31N3. The van der Waals surface area contributed by atoms with Gasteiger partial charge in [-0.2, -0.15) is 0 Å². The standard InChI is InChI=1S/C18H31N3/c1-6-9-19-15(4)17-8-7-10-20-18(17)21-12-13(2)11-14(3)16(21)5/h7-8,10,13-16,19H,6,9,11-12H2,1-5H3. The minimum Gasteiger partial charge on any atom is -0.353 e. The van der Waals surface area contributed by atoms with Crippen LogP contribution in [-0.4, -0.2) is 24.1 Å². The Balaban J connectivity index is 2.26. The van der Waals surface area contributed by atoms with Crippen LogP contribution >= 0.6 is 0 Å². The first-order valence-corrected chi connectivity index (χ1v) is 8.49. The maximum absolute atomic E-state index is 4.74. The highest BCUT2D eigenvalue weighted by Gasteiger charge is 2.31. The second-order valence-electron chi connectivity index (χ2n) is 6.80. The fourth-order valence-corrected chi connectivity index (χ4v) is 3.45. The van der Waals surface area contributed by atoms with E-state index in [2.05, 4.69) is 57.0 Å². The molecule has 1 aliphatic heterocycles. The average molecular weight is 289 g/mol. The lowest BCUT2D eigenvalue weighted by molar-refractivity contribution is 0.294. The molecule has 21 heavy (non-hydrogen) atoms. The van der Waals surface area contributed by atoms with Crippen molar-refractivity contribution < 1.29 is 0 Å². The minimum atomic E-state index is 0.355. The van der Waals surface area contributed by atoms with Crippen molar-refractivity contribution in [2.75, 3.05) is 18.0 Å². The van der Waals surface area contributed by atoms with Gasteiger partial charge < -0.3 is 10.2 Å². The fourth-order valence-electron chi connectivity index (χ4n) is 3.45. The van der Waals surface area contributed by atoms with E-state index in [9.17, 15) is 0 Å². The van der Waals surface area contributed by atoms with Gasteiger partial charge in [0.15, 0.2) is 0 Å². The minimum absolute atomic E-state index is 0.355. The number of nitrogens with zero attached hydrogens (tertiary/aromatic N) is 2. The van der Waals surface area contributed by atoms with Crippen molar-refractivity contribution >= 4 is 5.82 Å². The Labute approximate surface area is 130 Å². The zero-order valence-electron chi connectivity index (χ0n) is 14.3. The van der Waals surface area contributed by atoms with Gasteiger partial charge in [0.2, 0.25) is 0 Å². The Morgan fingerprint density at radius 1 is 1.38 bits per heavy atom. The van der Waals surface area contributed by atoms with Gasteiger partial charge in [-0.05, 0) is 51.1 Å². The van der Waals surface area contributed by atoms with Crippen molar-refractivity contribution in [3.63, 3.8) is 0 Å². The predicted molar refractivity (Wildman–Crippen MR) is 90.7 cm³/mol. The highest BCUT2D eigenvalue weighted by molar-refractivity contribution is 5.49. The number of anilines is 1. The summed E-state index contributed by atoms with van der Waals surface area (Å²) in [6, 6.07) is 5.21. The van der Waals surface area contributed by atoms with Crippen LogP contribution in [-0.2, 0) is 0 Å². The van der Waals surface area contributed by atoms with Gasteiger partial charge in [0, 0.05) is 30.4 Å². The molecule has 1 N–H and O–H groups in total.